The summed E-state index contributed by atoms with van der Waals surface area (Å²) in [6, 6.07) is 6.42. The van der Waals surface area contributed by atoms with Gasteiger partial charge in [-0.2, -0.15) is 22.6 Å². The Morgan fingerprint density at radius 2 is 1.94 bits per heavy atom. The predicted molar refractivity (Wildman–Crippen MR) is 116 cm³/mol. The number of quaternary nitrogens is 1. The molecule has 0 spiro atoms. The molecule has 3 unspecified atom stereocenters. The minimum absolute atomic E-state index is 0.177. The first-order chi connectivity index (χ1) is 15.1. The maximum atomic E-state index is 13.6. The van der Waals surface area contributed by atoms with Gasteiger partial charge in [-0.3, -0.25) is 4.79 Å². The van der Waals surface area contributed by atoms with Crippen LogP contribution in [0, 0.1) is 5.92 Å². The average molecular weight is 452 g/mol. The number of nitrogens with zero attached hydrogens (tertiary/aromatic N) is 2. The topological polar surface area (TPSA) is 46.6 Å². The van der Waals surface area contributed by atoms with E-state index in [1.165, 1.54) is 14.2 Å². The number of benzene rings is 1. The molecular formula is C24H30F3N2O3+. The fraction of sp³-hybridized carbons (Fsp3) is 0.500. The molecule has 174 valence electrons. The zero-order chi connectivity index (χ0) is 23.5. The second-order valence-corrected chi connectivity index (χ2v) is 8.69. The Morgan fingerprint density at radius 3 is 2.56 bits per heavy atom. The van der Waals surface area contributed by atoms with Crippen molar-refractivity contribution in [2.75, 3.05) is 25.7 Å². The number of halogens is 3. The molecular weight excluding hydrogens is 421 g/mol. The Labute approximate surface area is 186 Å². The number of alkyl halides is 3. The molecule has 1 aromatic carbocycles. The van der Waals surface area contributed by atoms with Crippen molar-refractivity contribution < 1.29 is 32.0 Å². The number of hydrogen-bond donors (Lipinski definition) is 0. The third kappa shape index (κ3) is 4.96. The Kier molecular flexibility index (Phi) is 7.25. The van der Waals surface area contributed by atoms with Crippen molar-refractivity contribution in [3.8, 4) is 0 Å². The molecule has 1 aromatic rings. The lowest BCUT2D eigenvalue weighted by molar-refractivity contribution is -0.714. The molecule has 0 aromatic heterocycles. The van der Waals surface area contributed by atoms with Crippen LogP contribution in [0.3, 0.4) is 0 Å². The number of methoxy groups -OCH3 is 1. The lowest BCUT2D eigenvalue weighted by Crippen LogP contribution is -2.52. The number of allylic oxidation sites excluding steroid dienone is 2. The number of carbonyl (C=O) groups excluding carboxylic acids is 2. The van der Waals surface area contributed by atoms with Crippen molar-refractivity contribution in [2.45, 2.75) is 51.1 Å². The number of anilines is 1. The molecule has 0 N–H and O–H groups in total. The van der Waals surface area contributed by atoms with Gasteiger partial charge < -0.3 is 4.74 Å². The Balaban J connectivity index is 2.03. The molecule has 2 aliphatic rings. The van der Waals surface area contributed by atoms with Gasteiger partial charge in [-0.05, 0) is 36.3 Å². The van der Waals surface area contributed by atoms with E-state index in [9.17, 15) is 22.8 Å². The third-order valence-corrected chi connectivity index (χ3v) is 6.40. The highest BCUT2D eigenvalue weighted by molar-refractivity contribution is 6.13. The molecule has 32 heavy (non-hydrogen) atoms. The smallest absolute Gasteiger partial charge is 0.375 e. The van der Waals surface area contributed by atoms with Crippen LogP contribution in [0.4, 0.5) is 23.7 Å². The zero-order valence-corrected chi connectivity index (χ0v) is 18.7. The molecule has 8 heteroatoms. The fourth-order valence-corrected chi connectivity index (χ4v) is 4.63. The molecule has 1 aliphatic carbocycles. The van der Waals surface area contributed by atoms with Crippen molar-refractivity contribution in [1.29, 1.82) is 0 Å². The lowest BCUT2D eigenvalue weighted by atomic mass is 9.76. The minimum Gasteiger partial charge on any atom is -0.375 e. The quantitative estimate of drug-likeness (QED) is 0.525. The molecule has 0 bridgehead atoms. The van der Waals surface area contributed by atoms with Crippen LogP contribution in [0.5, 0.6) is 0 Å². The highest BCUT2D eigenvalue weighted by Gasteiger charge is 2.46. The van der Waals surface area contributed by atoms with Gasteiger partial charge in [-0.1, -0.05) is 44.4 Å². The van der Waals surface area contributed by atoms with Gasteiger partial charge in [0.25, 0.3) is 5.91 Å². The van der Waals surface area contributed by atoms with E-state index < -0.39 is 28.2 Å². The van der Waals surface area contributed by atoms with Crippen LogP contribution in [0.2, 0.25) is 0 Å². The van der Waals surface area contributed by atoms with E-state index in [0.717, 1.165) is 61.0 Å². The summed E-state index contributed by atoms with van der Waals surface area (Å²) in [5.41, 5.74) is 0.375. The summed E-state index contributed by atoms with van der Waals surface area (Å²) in [4.78, 5) is 27.6. The van der Waals surface area contributed by atoms with Crippen molar-refractivity contribution in [3.05, 3.63) is 53.9 Å². The molecule has 1 saturated carbocycles. The summed E-state index contributed by atoms with van der Waals surface area (Å²) in [7, 11) is 2.67. The van der Waals surface area contributed by atoms with Gasteiger partial charge in [0.1, 0.15) is 24.6 Å². The highest BCUT2D eigenvalue weighted by Crippen LogP contribution is 2.42. The molecule has 3 atom stereocenters. The van der Waals surface area contributed by atoms with Crippen LogP contribution < -0.4 is 4.90 Å². The second-order valence-electron chi connectivity index (χ2n) is 8.69. The fourth-order valence-electron chi connectivity index (χ4n) is 4.63. The van der Waals surface area contributed by atoms with Crippen LogP contribution >= 0.6 is 0 Å². The Morgan fingerprint density at radius 1 is 1.22 bits per heavy atom. The molecule has 3 amide bonds. The van der Waals surface area contributed by atoms with E-state index >= 15 is 0 Å². The van der Waals surface area contributed by atoms with E-state index in [1.807, 2.05) is 12.1 Å². The first-order valence-corrected chi connectivity index (χ1v) is 10.9. The summed E-state index contributed by atoms with van der Waals surface area (Å²) < 4.78 is 43.8. The number of ether oxygens (including phenoxy) is 1. The number of para-hydroxylation sites is 1. The van der Waals surface area contributed by atoms with Gasteiger partial charge in [-0.15, -0.1) is 0 Å². The van der Waals surface area contributed by atoms with Crippen molar-refractivity contribution in [2.24, 2.45) is 5.92 Å². The molecule has 1 fully saturated rings. The van der Waals surface area contributed by atoms with E-state index in [1.54, 1.807) is 12.1 Å². The van der Waals surface area contributed by atoms with Gasteiger partial charge in [-0.25, -0.2) is 4.79 Å². The van der Waals surface area contributed by atoms with E-state index in [2.05, 4.69) is 6.92 Å². The molecule has 1 aliphatic heterocycles. The van der Waals surface area contributed by atoms with Gasteiger partial charge in [0, 0.05) is 13.2 Å². The number of rotatable bonds is 5. The summed E-state index contributed by atoms with van der Waals surface area (Å²) in [5.74, 6) is 0.134. The minimum atomic E-state index is -4.58. The van der Waals surface area contributed by atoms with Gasteiger partial charge in [0.05, 0.1) is 12.7 Å². The van der Waals surface area contributed by atoms with Crippen LogP contribution in [0.25, 0.3) is 0 Å². The third-order valence-electron chi connectivity index (χ3n) is 6.40. The number of carbonyl (C=O) groups is 2. The summed E-state index contributed by atoms with van der Waals surface area (Å²) >= 11 is 0. The van der Waals surface area contributed by atoms with Gasteiger partial charge >= 0.3 is 12.2 Å². The van der Waals surface area contributed by atoms with Gasteiger partial charge in [0.2, 0.25) is 0 Å². The van der Waals surface area contributed by atoms with E-state index in [0.29, 0.717) is 11.6 Å². The monoisotopic (exact) mass is 451 g/mol. The maximum absolute atomic E-state index is 13.6. The Bertz CT molecular complexity index is 925. The van der Waals surface area contributed by atoms with Crippen LogP contribution in [0.15, 0.2) is 48.3 Å². The van der Waals surface area contributed by atoms with E-state index in [4.69, 9.17) is 4.74 Å². The van der Waals surface area contributed by atoms with Crippen LogP contribution in [-0.2, 0) is 9.53 Å². The van der Waals surface area contributed by atoms with Crippen molar-refractivity contribution in [3.63, 3.8) is 0 Å². The van der Waals surface area contributed by atoms with Crippen LogP contribution in [-0.4, -0.2) is 43.4 Å². The predicted octanol–water partition coefficient (Wildman–Crippen LogP) is 5.89. The zero-order valence-electron chi connectivity index (χ0n) is 18.7. The SMILES string of the molecule is CCC1CCCC(c2ccccc2N(C(=O)COC)C(=O)[N+]2(C)C=CC(C(F)(F)F)=C2)C1. The number of urea groups is 1. The summed E-state index contributed by atoms with van der Waals surface area (Å²) in [5, 5.41) is 0. The number of imide groups is 1. The standard InChI is InChI=1S/C24H30F3N2O3/c1-4-17-8-7-9-18(14-17)20-10-5-6-11-21(20)28(22(30)16-32-3)23(31)29(2)13-12-19(15-29)24(25,26)27/h5-6,10-13,15,17-18H,4,7-9,14,16H2,1-3H3/q+1. The molecule has 1 heterocycles. The first-order valence-electron chi connectivity index (χ1n) is 10.9. The van der Waals surface area contributed by atoms with Crippen molar-refractivity contribution >= 4 is 17.6 Å². The molecule has 0 radical (unpaired) electrons. The maximum Gasteiger partial charge on any atom is 0.439 e. The number of hydrogen-bond acceptors (Lipinski definition) is 3. The normalized spacial score (nSPS) is 25.5. The highest BCUT2D eigenvalue weighted by atomic mass is 19.4. The molecule has 0 saturated heterocycles. The van der Waals surface area contributed by atoms with E-state index in [-0.39, 0.29) is 12.5 Å². The van der Waals surface area contributed by atoms with Crippen LogP contribution in [0.1, 0.15) is 50.5 Å². The molecule has 3 rings (SSSR count). The second kappa shape index (κ2) is 9.58. The summed E-state index contributed by atoms with van der Waals surface area (Å²) in [6.07, 6.45) is 3.45. The average Bonchev–Trinajstić information content (AvgIpc) is 3.18. The van der Waals surface area contributed by atoms with Crippen molar-refractivity contribution in [1.82, 2.24) is 0 Å². The largest absolute Gasteiger partial charge is 0.439 e. The number of amides is 3. The lowest BCUT2D eigenvalue weighted by Gasteiger charge is -2.33. The summed E-state index contributed by atoms with van der Waals surface area (Å²) in [6.45, 7) is 1.80. The van der Waals surface area contributed by atoms with Gasteiger partial charge in [0.15, 0.2) is 0 Å². The Hall–Kier alpha value is -2.45. The molecule has 5 nitrogen and oxygen atoms in total. The first kappa shape index (κ1) is 24.2.